The van der Waals surface area contributed by atoms with E-state index < -0.39 is 0 Å². The number of ether oxygens (including phenoxy) is 1. The lowest BCUT2D eigenvalue weighted by atomic mass is 10.1. The lowest BCUT2D eigenvalue weighted by Gasteiger charge is -2.30. The molecule has 2 rings (SSSR count). The van der Waals surface area contributed by atoms with E-state index in [4.69, 9.17) is 4.74 Å². The van der Waals surface area contributed by atoms with Crippen LogP contribution >= 0.6 is 0 Å². The Kier molecular flexibility index (Phi) is 3.21. The summed E-state index contributed by atoms with van der Waals surface area (Å²) in [5.41, 5.74) is 2.47. The van der Waals surface area contributed by atoms with Gasteiger partial charge in [0.15, 0.2) is 0 Å². The van der Waals surface area contributed by atoms with Crippen LogP contribution in [0.4, 0.5) is 5.69 Å². The van der Waals surface area contributed by atoms with E-state index in [1.54, 1.807) is 0 Å². The molecule has 82 valence electrons. The van der Waals surface area contributed by atoms with E-state index >= 15 is 0 Å². The third kappa shape index (κ3) is 2.29. The molecule has 1 aromatic heterocycles. The van der Waals surface area contributed by atoms with Crippen molar-refractivity contribution in [3.8, 4) is 0 Å². The van der Waals surface area contributed by atoms with Crippen molar-refractivity contribution in [2.45, 2.75) is 19.8 Å². The van der Waals surface area contributed by atoms with Gasteiger partial charge in [-0.3, -0.25) is 4.98 Å². The molecule has 1 saturated heterocycles. The van der Waals surface area contributed by atoms with E-state index in [1.165, 1.54) is 11.4 Å². The minimum atomic E-state index is 0.476. The van der Waals surface area contributed by atoms with Crippen LogP contribution in [0.1, 0.15) is 25.5 Å². The summed E-state index contributed by atoms with van der Waals surface area (Å²) in [7, 11) is 0. The Morgan fingerprint density at radius 3 is 2.73 bits per heavy atom. The van der Waals surface area contributed by atoms with Gasteiger partial charge in [-0.15, -0.1) is 0 Å². The SMILES string of the molecule is CC(C)c1ncccc1N1CCOCC1. The molecule has 0 aliphatic carbocycles. The normalized spacial score (nSPS) is 17.1. The van der Waals surface area contributed by atoms with Gasteiger partial charge >= 0.3 is 0 Å². The third-order valence-electron chi connectivity index (χ3n) is 2.71. The average molecular weight is 206 g/mol. The van der Waals surface area contributed by atoms with Crippen molar-refractivity contribution in [1.29, 1.82) is 0 Å². The van der Waals surface area contributed by atoms with Gasteiger partial charge in [-0.2, -0.15) is 0 Å². The molecule has 1 aliphatic heterocycles. The summed E-state index contributed by atoms with van der Waals surface area (Å²) in [4.78, 5) is 6.84. The Hall–Kier alpha value is -1.09. The average Bonchev–Trinajstić information content (AvgIpc) is 2.30. The van der Waals surface area contributed by atoms with Crippen molar-refractivity contribution in [2.75, 3.05) is 31.2 Å². The van der Waals surface area contributed by atoms with Gasteiger partial charge in [0.1, 0.15) is 0 Å². The number of pyridine rings is 1. The largest absolute Gasteiger partial charge is 0.378 e. The second-order valence-electron chi connectivity index (χ2n) is 4.16. The molecule has 0 radical (unpaired) electrons. The quantitative estimate of drug-likeness (QED) is 0.740. The van der Waals surface area contributed by atoms with Crippen molar-refractivity contribution in [1.82, 2.24) is 4.98 Å². The lowest BCUT2D eigenvalue weighted by molar-refractivity contribution is 0.122. The maximum Gasteiger partial charge on any atom is 0.0662 e. The number of hydrogen-bond donors (Lipinski definition) is 0. The summed E-state index contributed by atoms with van der Waals surface area (Å²) in [6, 6.07) is 4.17. The van der Waals surface area contributed by atoms with Crippen LogP contribution < -0.4 is 4.90 Å². The molecule has 1 aromatic rings. The fraction of sp³-hybridized carbons (Fsp3) is 0.583. The number of rotatable bonds is 2. The summed E-state index contributed by atoms with van der Waals surface area (Å²) in [5, 5.41) is 0. The Morgan fingerprint density at radius 2 is 2.07 bits per heavy atom. The van der Waals surface area contributed by atoms with E-state index in [1.807, 2.05) is 12.3 Å². The van der Waals surface area contributed by atoms with Crippen molar-refractivity contribution in [3.63, 3.8) is 0 Å². The smallest absolute Gasteiger partial charge is 0.0662 e. The van der Waals surface area contributed by atoms with E-state index in [0.717, 1.165) is 26.3 Å². The van der Waals surface area contributed by atoms with Crippen LogP contribution in [0.25, 0.3) is 0 Å². The van der Waals surface area contributed by atoms with Crippen LogP contribution in [-0.2, 0) is 4.74 Å². The summed E-state index contributed by atoms with van der Waals surface area (Å²) in [6.07, 6.45) is 1.87. The van der Waals surface area contributed by atoms with Crippen LogP contribution in [-0.4, -0.2) is 31.3 Å². The lowest BCUT2D eigenvalue weighted by Crippen LogP contribution is -2.37. The highest BCUT2D eigenvalue weighted by atomic mass is 16.5. The molecule has 0 aromatic carbocycles. The summed E-state index contributed by atoms with van der Waals surface area (Å²) < 4.78 is 5.36. The highest BCUT2D eigenvalue weighted by Gasteiger charge is 2.16. The van der Waals surface area contributed by atoms with Crippen LogP contribution in [0.5, 0.6) is 0 Å². The van der Waals surface area contributed by atoms with Gasteiger partial charge in [0.25, 0.3) is 0 Å². The number of anilines is 1. The molecular weight excluding hydrogens is 188 g/mol. The second-order valence-corrected chi connectivity index (χ2v) is 4.16. The first-order valence-electron chi connectivity index (χ1n) is 5.56. The number of morpholine rings is 1. The van der Waals surface area contributed by atoms with Crippen LogP contribution in [0.15, 0.2) is 18.3 Å². The van der Waals surface area contributed by atoms with Crippen molar-refractivity contribution in [2.24, 2.45) is 0 Å². The summed E-state index contributed by atoms with van der Waals surface area (Å²) in [5.74, 6) is 0.476. The summed E-state index contributed by atoms with van der Waals surface area (Å²) >= 11 is 0. The molecule has 15 heavy (non-hydrogen) atoms. The van der Waals surface area contributed by atoms with Gasteiger partial charge in [-0.25, -0.2) is 0 Å². The molecular formula is C12H18N2O. The Labute approximate surface area is 91.1 Å². The van der Waals surface area contributed by atoms with Crippen LogP contribution in [0.2, 0.25) is 0 Å². The first-order valence-corrected chi connectivity index (χ1v) is 5.56. The van der Waals surface area contributed by atoms with Gasteiger partial charge in [-0.05, 0) is 18.1 Å². The number of aromatic nitrogens is 1. The molecule has 0 saturated carbocycles. The van der Waals surface area contributed by atoms with E-state index in [9.17, 15) is 0 Å². The Morgan fingerprint density at radius 1 is 1.33 bits per heavy atom. The van der Waals surface area contributed by atoms with Gasteiger partial charge < -0.3 is 9.64 Å². The van der Waals surface area contributed by atoms with Crippen molar-refractivity contribution >= 4 is 5.69 Å². The van der Waals surface area contributed by atoms with Crippen LogP contribution in [0.3, 0.4) is 0 Å². The van der Waals surface area contributed by atoms with Gasteiger partial charge in [0, 0.05) is 19.3 Å². The molecule has 0 unspecified atom stereocenters. The maximum absolute atomic E-state index is 5.36. The molecule has 2 heterocycles. The molecule has 3 heteroatoms. The van der Waals surface area contributed by atoms with E-state index in [2.05, 4.69) is 29.8 Å². The third-order valence-corrected chi connectivity index (χ3v) is 2.71. The predicted octanol–water partition coefficient (Wildman–Crippen LogP) is 2.04. The molecule has 0 atom stereocenters. The molecule has 1 aliphatic rings. The summed E-state index contributed by atoms with van der Waals surface area (Å²) in [6.45, 7) is 7.98. The minimum Gasteiger partial charge on any atom is -0.378 e. The van der Waals surface area contributed by atoms with Crippen molar-refractivity contribution < 1.29 is 4.74 Å². The van der Waals surface area contributed by atoms with Gasteiger partial charge in [0.05, 0.1) is 24.6 Å². The van der Waals surface area contributed by atoms with Crippen molar-refractivity contribution in [3.05, 3.63) is 24.0 Å². The molecule has 0 bridgehead atoms. The minimum absolute atomic E-state index is 0.476. The standard InChI is InChI=1S/C12H18N2O/c1-10(2)12-11(4-3-5-13-12)14-6-8-15-9-7-14/h3-5,10H,6-9H2,1-2H3. The number of hydrogen-bond acceptors (Lipinski definition) is 3. The zero-order chi connectivity index (χ0) is 10.7. The molecule has 0 amide bonds. The highest BCUT2D eigenvalue weighted by molar-refractivity contribution is 5.51. The fourth-order valence-electron chi connectivity index (χ4n) is 1.93. The van der Waals surface area contributed by atoms with Gasteiger partial charge in [-0.1, -0.05) is 13.8 Å². The number of nitrogens with zero attached hydrogens (tertiary/aromatic N) is 2. The zero-order valence-corrected chi connectivity index (χ0v) is 9.44. The Bertz CT molecular complexity index is 319. The molecule has 0 spiro atoms. The van der Waals surface area contributed by atoms with Crippen LogP contribution in [0, 0.1) is 0 Å². The second kappa shape index (κ2) is 4.62. The first kappa shape index (κ1) is 10.4. The first-order chi connectivity index (χ1) is 7.29. The predicted molar refractivity (Wildman–Crippen MR) is 61.4 cm³/mol. The molecule has 1 fully saturated rings. The monoisotopic (exact) mass is 206 g/mol. The van der Waals surface area contributed by atoms with E-state index in [-0.39, 0.29) is 0 Å². The fourth-order valence-corrected chi connectivity index (χ4v) is 1.93. The topological polar surface area (TPSA) is 25.4 Å². The zero-order valence-electron chi connectivity index (χ0n) is 9.44. The van der Waals surface area contributed by atoms with Gasteiger partial charge in [0.2, 0.25) is 0 Å². The highest BCUT2D eigenvalue weighted by Crippen LogP contribution is 2.25. The maximum atomic E-state index is 5.36. The molecule has 3 nitrogen and oxygen atoms in total. The Balaban J connectivity index is 2.25. The molecule has 0 N–H and O–H groups in total. The van der Waals surface area contributed by atoms with E-state index in [0.29, 0.717) is 5.92 Å².